The summed E-state index contributed by atoms with van der Waals surface area (Å²) in [6.07, 6.45) is 6.29. The van der Waals surface area contributed by atoms with Crippen molar-refractivity contribution in [3.05, 3.63) is 35.4 Å². The molecule has 0 unspecified atom stereocenters. The van der Waals surface area contributed by atoms with E-state index in [0.29, 0.717) is 11.3 Å². The van der Waals surface area contributed by atoms with Crippen LogP contribution in [0.5, 0.6) is 0 Å². The van der Waals surface area contributed by atoms with E-state index in [9.17, 15) is 0 Å². The molecule has 1 aromatic heterocycles. The summed E-state index contributed by atoms with van der Waals surface area (Å²) in [6.45, 7) is 0. The lowest BCUT2D eigenvalue weighted by atomic mass is 9.91. The molecule has 2 aromatic rings. The minimum Gasteiger partial charge on any atom is -0.357 e. The van der Waals surface area contributed by atoms with Gasteiger partial charge in [-0.2, -0.15) is 0 Å². The molecule has 4 rings (SSSR count). The quantitative estimate of drug-likeness (QED) is 0.914. The molecule has 0 saturated heterocycles. The molecule has 1 fully saturated rings. The Kier molecular flexibility index (Phi) is 3.40. The first-order chi connectivity index (χ1) is 9.88. The summed E-state index contributed by atoms with van der Waals surface area (Å²) in [6, 6.07) is 9.49. The average molecular weight is 303 g/mol. The molecular formula is C15H17N3S2. The van der Waals surface area contributed by atoms with E-state index in [0.717, 1.165) is 9.47 Å². The maximum Gasteiger partial charge on any atom is 0.206 e. The summed E-state index contributed by atoms with van der Waals surface area (Å²) < 4.78 is 1.09. The number of aryl methyl sites for hydroxylation is 1. The lowest BCUT2D eigenvalue weighted by Crippen LogP contribution is -2.06. The molecule has 0 spiro atoms. The molecule has 1 heterocycles. The molecule has 0 bridgehead atoms. The van der Waals surface area contributed by atoms with Gasteiger partial charge in [0.25, 0.3) is 0 Å². The smallest absolute Gasteiger partial charge is 0.206 e. The Morgan fingerprint density at radius 1 is 1.15 bits per heavy atom. The van der Waals surface area contributed by atoms with Crippen molar-refractivity contribution in [1.82, 2.24) is 10.2 Å². The van der Waals surface area contributed by atoms with Crippen molar-refractivity contribution in [2.75, 3.05) is 5.32 Å². The van der Waals surface area contributed by atoms with Gasteiger partial charge < -0.3 is 5.32 Å². The molecule has 1 aromatic carbocycles. The third kappa shape index (κ3) is 2.69. The van der Waals surface area contributed by atoms with Crippen LogP contribution in [0.2, 0.25) is 0 Å². The van der Waals surface area contributed by atoms with E-state index in [1.165, 1.54) is 43.2 Å². The van der Waals surface area contributed by atoms with Gasteiger partial charge in [0.1, 0.15) is 0 Å². The van der Waals surface area contributed by atoms with Gasteiger partial charge in [-0.3, -0.25) is 0 Å². The van der Waals surface area contributed by atoms with Crippen molar-refractivity contribution >= 4 is 28.2 Å². The van der Waals surface area contributed by atoms with E-state index in [2.05, 4.69) is 39.8 Å². The van der Waals surface area contributed by atoms with Gasteiger partial charge in [0, 0.05) is 11.3 Å². The molecule has 104 valence electrons. The second-order valence-electron chi connectivity index (χ2n) is 5.49. The summed E-state index contributed by atoms with van der Waals surface area (Å²) in [4.78, 5) is 0. The van der Waals surface area contributed by atoms with Gasteiger partial charge in [-0.05, 0) is 43.2 Å². The third-order valence-corrected chi connectivity index (χ3v) is 6.11. The number of hydrogen-bond donors (Lipinski definition) is 1. The molecule has 2 aliphatic rings. The van der Waals surface area contributed by atoms with Gasteiger partial charge in [0.15, 0.2) is 4.34 Å². The van der Waals surface area contributed by atoms with Gasteiger partial charge in [0.05, 0.1) is 0 Å². The summed E-state index contributed by atoms with van der Waals surface area (Å²) in [7, 11) is 0. The molecular weight excluding hydrogens is 286 g/mol. The van der Waals surface area contributed by atoms with Gasteiger partial charge in [0.2, 0.25) is 5.13 Å². The number of anilines is 1. The van der Waals surface area contributed by atoms with Crippen LogP contribution in [0.15, 0.2) is 28.6 Å². The zero-order valence-corrected chi connectivity index (χ0v) is 12.8. The summed E-state index contributed by atoms with van der Waals surface area (Å²) in [5.41, 5.74) is 3.01. The first-order valence-corrected chi connectivity index (χ1v) is 8.92. The highest BCUT2D eigenvalue weighted by atomic mass is 32.2. The number of aromatic nitrogens is 2. The highest BCUT2D eigenvalue weighted by Gasteiger charge is 2.24. The minimum absolute atomic E-state index is 0.543. The summed E-state index contributed by atoms with van der Waals surface area (Å²) >= 11 is 3.58. The third-order valence-electron chi connectivity index (χ3n) is 3.87. The number of nitrogens with one attached hydrogen (secondary N) is 1. The van der Waals surface area contributed by atoms with Gasteiger partial charge >= 0.3 is 0 Å². The van der Waals surface area contributed by atoms with Gasteiger partial charge in [-0.15, -0.1) is 10.2 Å². The van der Waals surface area contributed by atoms with E-state index in [1.54, 1.807) is 11.3 Å². The van der Waals surface area contributed by atoms with E-state index in [4.69, 9.17) is 0 Å². The topological polar surface area (TPSA) is 37.8 Å². The van der Waals surface area contributed by atoms with Crippen LogP contribution >= 0.6 is 23.1 Å². The van der Waals surface area contributed by atoms with Gasteiger partial charge in [-0.1, -0.05) is 47.4 Å². The van der Waals surface area contributed by atoms with Gasteiger partial charge in [-0.25, -0.2) is 0 Å². The Morgan fingerprint density at radius 2 is 2.05 bits per heavy atom. The van der Waals surface area contributed by atoms with Crippen LogP contribution in [-0.2, 0) is 6.42 Å². The molecule has 1 atom stereocenters. The second-order valence-corrected chi connectivity index (χ2v) is 7.92. The molecule has 5 heteroatoms. The number of rotatable bonds is 4. The SMILES string of the molecule is c1ccc2c(c1)CCC[C@@H]2Sc1nnc(NC2CC2)s1. The molecule has 2 aliphatic carbocycles. The van der Waals surface area contributed by atoms with Crippen molar-refractivity contribution < 1.29 is 0 Å². The fourth-order valence-corrected chi connectivity index (χ4v) is 4.98. The number of benzene rings is 1. The first-order valence-electron chi connectivity index (χ1n) is 7.23. The Labute approximate surface area is 127 Å². The van der Waals surface area contributed by atoms with Crippen LogP contribution in [0, 0.1) is 0 Å². The van der Waals surface area contributed by atoms with Crippen molar-refractivity contribution in [1.29, 1.82) is 0 Å². The molecule has 1 N–H and O–H groups in total. The molecule has 0 aliphatic heterocycles. The monoisotopic (exact) mass is 303 g/mol. The highest BCUT2D eigenvalue weighted by molar-refractivity contribution is 8.01. The Bertz CT molecular complexity index is 607. The highest BCUT2D eigenvalue weighted by Crippen LogP contribution is 2.44. The number of nitrogens with zero attached hydrogens (tertiary/aromatic N) is 2. The molecule has 20 heavy (non-hydrogen) atoms. The number of fused-ring (bicyclic) bond motifs is 1. The fraction of sp³-hybridized carbons (Fsp3) is 0.467. The second kappa shape index (κ2) is 5.37. The fourth-order valence-electron chi connectivity index (χ4n) is 2.67. The van der Waals surface area contributed by atoms with Crippen molar-refractivity contribution in [2.24, 2.45) is 0 Å². The van der Waals surface area contributed by atoms with E-state index in [1.807, 2.05) is 11.8 Å². The van der Waals surface area contributed by atoms with E-state index < -0.39 is 0 Å². The van der Waals surface area contributed by atoms with Crippen molar-refractivity contribution in [2.45, 2.75) is 47.7 Å². The standard InChI is InChI=1S/C15H17N3S2/c1-2-6-12-10(4-1)5-3-7-13(12)19-15-18-17-14(20-15)16-11-8-9-11/h1-2,4,6,11,13H,3,5,7-9H2,(H,16,17)/t13-/m0/s1. The Balaban J connectivity index is 1.50. The van der Waals surface area contributed by atoms with Crippen LogP contribution in [0.4, 0.5) is 5.13 Å². The van der Waals surface area contributed by atoms with Crippen molar-refractivity contribution in [3.63, 3.8) is 0 Å². The molecule has 1 saturated carbocycles. The average Bonchev–Trinajstić information content (AvgIpc) is 3.18. The largest absolute Gasteiger partial charge is 0.357 e. The normalized spacial score (nSPS) is 21.5. The molecule has 0 amide bonds. The molecule has 3 nitrogen and oxygen atoms in total. The van der Waals surface area contributed by atoms with Crippen LogP contribution in [0.1, 0.15) is 42.1 Å². The maximum absolute atomic E-state index is 4.33. The Hall–Kier alpha value is -1.07. The van der Waals surface area contributed by atoms with Crippen LogP contribution < -0.4 is 5.32 Å². The minimum atomic E-state index is 0.543. The Morgan fingerprint density at radius 3 is 2.95 bits per heavy atom. The van der Waals surface area contributed by atoms with Crippen LogP contribution in [0.3, 0.4) is 0 Å². The van der Waals surface area contributed by atoms with E-state index >= 15 is 0 Å². The number of thioether (sulfide) groups is 1. The first kappa shape index (κ1) is 12.7. The predicted molar refractivity (Wildman–Crippen MR) is 84.5 cm³/mol. The number of hydrogen-bond acceptors (Lipinski definition) is 5. The van der Waals surface area contributed by atoms with Crippen LogP contribution in [0.25, 0.3) is 0 Å². The van der Waals surface area contributed by atoms with Crippen LogP contribution in [-0.4, -0.2) is 16.2 Å². The molecule has 0 radical (unpaired) electrons. The van der Waals surface area contributed by atoms with E-state index in [-0.39, 0.29) is 0 Å². The van der Waals surface area contributed by atoms with Crippen molar-refractivity contribution in [3.8, 4) is 0 Å². The zero-order valence-electron chi connectivity index (χ0n) is 11.2. The lowest BCUT2D eigenvalue weighted by Gasteiger charge is -2.23. The summed E-state index contributed by atoms with van der Waals surface area (Å²) in [5.74, 6) is 0. The lowest BCUT2D eigenvalue weighted by molar-refractivity contribution is 0.673. The predicted octanol–water partition coefficient (Wildman–Crippen LogP) is 4.28. The zero-order chi connectivity index (χ0) is 13.4. The summed E-state index contributed by atoms with van der Waals surface area (Å²) in [5, 5.41) is 13.5. The maximum atomic E-state index is 4.33.